The molecule has 3 heteroatoms. The molecule has 0 unspecified atom stereocenters. The Labute approximate surface area is 125 Å². The molecule has 0 N–H and O–H groups in total. The van der Waals surface area contributed by atoms with Gasteiger partial charge in [-0.25, -0.2) is 0 Å². The van der Waals surface area contributed by atoms with Crippen molar-refractivity contribution < 1.29 is 0 Å². The predicted octanol–water partition coefficient (Wildman–Crippen LogP) is 4.48. The molecule has 0 aliphatic rings. The number of rotatable bonds is 1. The van der Waals surface area contributed by atoms with Gasteiger partial charge in [0.05, 0.1) is 10.2 Å². The summed E-state index contributed by atoms with van der Waals surface area (Å²) in [5, 5.41) is 3.60. The Morgan fingerprint density at radius 3 is 2.62 bits per heavy atom. The van der Waals surface area contributed by atoms with Crippen LogP contribution in [0.5, 0.6) is 0 Å². The lowest BCUT2D eigenvalue weighted by Crippen LogP contribution is -1.97. The van der Waals surface area contributed by atoms with Gasteiger partial charge in [-0.05, 0) is 34.5 Å². The molecule has 0 radical (unpaired) electrons. The van der Waals surface area contributed by atoms with Gasteiger partial charge in [-0.3, -0.25) is 9.78 Å². The second kappa shape index (κ2) is 4.79. The minimum absolute atomic E-state index is 0.0604. The van der Waals surface area contributed by atoms with Crippen molar-refractivity contribution in [3.63, 3.8) is 0 Å². The van der Waals surface area contributed by atoms with E-state index in [9.17, 15) is 4.79 Å². The lowest BCUT2D eigenvalue weighted by Gasteiger charge is -2.01. The highest BCUT2D eigenvalue weighted by Crippen LogP contribution is 2.23. The molecule has 0 aliphatic carbocycles. The van der Waals surface area contributed by atoms with E-state index in [1.165, 1.54) is 11.3 Å². The molecule has 2 aromatic heterocycles. The Bertz CT molecular complexity index is 1010. The maximum Gasteiger partial charge on any atom is 0.205 e. The van der Waals surface area contributed by atoms with E-state index in [2.05, 4.69) is 4.98 Å². The molecule has 0 amide bonds. The summed E-state index contributed by atoms with van der Waals surface area (Å²) < 4.78 is 0.789. The smallest absolute Gasteiger partial charge is 0.205 e. The maximum absolute atomic E-state index is 12.7. The first-order valence-electron chi connectivity index (χ1n) is 6.69. The molecule has 0 atom stereocenters. The summed E-state index contributed by atoms with van der Waals surface area (Å²) in [5.41, 5.74) is 2.84. The first kappa shape index (κ1) is 12.2. The van der Waals surface area contributed by atoms with Crippen LogP contribution in [0, 0.1) is 0 Å². The molecule has 4 aromatic rings. The van der Waals surface area contributed by atoms with Crippen LogP contribution in [0.4, 0.5) is 0 Å². The van der Waals surface area contributed by atoms with Crippen LogP contribution in [0.2, 0.25) is 0 Å². The van der Waals surface area contributed by atoms with Gasteiger partial charge >= 0.3 is 0 Å². The highest BCUT2D eigenvalue weighted by molar-refractivity contribution is 7.17. The zero-order valence-electron chi connectivity index (χ0n) is 11.1. The van der Waals surface area contributed by atoms with Crippen LogP contribution in [-0.2, 0) is 0 Å². The largest absolute Gasteiger partial charge is 0.288 e. The Morgan fingerprint density at radius 2 is 1.76 bits per heavy atom. The molecule has 100 valence electrons. The fraction of sp³-hybridized carbons (Fsp3) is 0. The average Bonchev–Trinajstić information content (AvgIpc) is 2.97. The van der Waals surface area contributed by atoms with E-state index >= 15 is 0 Å². The van der Waals surface area contributed by atoms with Crippen molar-refractivity contribution in [3.05, 3.63) is 76.4 Å². The number of hydrogen-bond acceptors (Lipinski definition) is 3. The molecular formula is C18H11NOS. The third-order valence-corrected chi connectivity index (χ3v) is 4.52. The Morgan fingerprint density at radius 1 is 0.905 bits per heavy atom. The molecular weight excluding hydrogens is 278 g/mol. The molecule has 0 saturated carbocycles. The van der Waals surface area contributed by atoms with Crippen molar-refractivity contribution >= 4 is 32.3 Å². The first-order chi connectivity index (χ1) is 10.3. The van der Waals surface area contributed by atoms with E-state index in [0.717, 1.165) is 26.7 Å². The van der Waals surface area contributed by atoms with Gasteiger partial charge in [0.1, 0.15) is 0 Å². The Kier molecular flexibility index (Phi) is 2.79. The van der Waals surface area contributed by atoms with Gasteiger partial charge in [0.15, 0.2) is 0 Å². The van der Waals surface area contributed by atoms with Crippen LogP contribution >= 0.6 is 11.3 Å². The molecule has 2 heterocycles. The Balaban J connectivity index is 2.09. The van der Waals surface area contributed by atoms with Crippen molar-refractivity contribution in [3.8, 4) is 11.1 Å². The third-order valence-electron chi connectivity index (χ3n) is 3.59. The lowest BCUT2D eigenvalue weighted by molar-refractivity contribution is 1.41. The number of hydrogen-bond donors (Lipinski definition) is 0. The molecule has 0 fully saturated rings. The van der Waals surface area contributed by atoms with Crippen LogP contribution < -0.4 is 5.43 Å². The minimum Gasteiger partial charge on any atom is -0.288 e. The number of fused-ring (bicyclic) bond motifs is 2. The zero-order chi connectivity index (χ0) is 14.2. The highest BCUT2D eigenvalue weighted by Gasteiger charge is 2.06. The van der Waals surface area contributed by atoms with E-state index in [1.807, 2.05) is 66.2 Å². The van der Waals surface area contributed by atoms with Crippen molar-refractivity contribution in [1.82, 2.24) is 4.98 Å². The summed E-state index contributed by atoms with van der Waals surface area (Å²) in [4.78, 5) is 17.2. The number of nitrogens with zero attached hydrogens (tertiary/aromatic N) is 1. The number of thiophene rings is 1. The van der Waals surface area contributed by atoms with E-state index in [0.29, 0.717) is 5.39 Å². The minimum atomic E-state index is 0.0604. The molecule has 2 aromatic carbocycles. The normalized spacial score (nSPS) is 11.0. The van der Waals surface area contributed by atoms with Gasteiger partial charge in [-0.1, -0.05) is 36.4 Å². The van der Waals surface area contributed by atoms with Gasteiger partial charge in [0.2, 0.25) is 5.43 Å². The summed E-state index contributed by atoms with van der Waals surface area (Å²) in [7, 11) is 0. The second-order valence-corrected chi connectivity index (χ2v) is 5.81. The molecule has 21 heavy (non-hydrogen) atoms. The number of aromatic nitrogens is 1. The summed E-state index contributed by atoms with van der Waals surface area (Å²) in [5.74, 6) is 0. The third kappa shape index (κ3) is 2.03. The summed E-state index contributed by atoms with van der Waals surface area (Å²) in [6, 6.07) is 17.8. The standard InChI is InChI=1S/C18H11NOS/c20-17-15-10-14(12-4-2-1-3-5-12)11-19-16(15)7-6-13-8-9-21-18(13)17/h1-11H. The monoisotopic (exact) mass is 289 g/mol. The fourth-order valence-electron chi connectivity index (χ4n) is 2.50. The van der Waals surface area contributed by atoms with Gasteiger partial charge in [0.25, 0.3) is 0 Å². The van der Waals surface area contributed by atoms with Crippen LogP contribution in [0.15, 0.2) is 71.0 Å². The van der Waals surface area contributed by atoms with Gasteiger partial charge in [-0.2, -0.15) is 0 Å². The van der Waals surface area contributed by atoms with E-state index in [-0.39, 0.29) is 5.43 Å². The Hall–Kier alpha value is -2.52. The lowest BCUT2D eigenvalue weighted by atomic mass is 10.1. The fourth-order valence-corrected chi connectivity index (χ4v) is 3.34. The molecule has 4 rings (SSSR count). The van der Waals surface area contributed by atoms with Gasteiger partial charge < -0.3 is 0 Å². The van der Waals surface area contributed by atoms with Crippen LogP contribution in [0.3, 0.4) is 0 Å². The number of pyridine rings is 1. The first-order valence-corrected chi connectivity index (χ1v) is 7.56. The average molecular weight is 289 g/mol. The highest BCUT2D eigenvalue weighted by atomic mass is 32.1. The SMILES string of the molecule is O=c1c2cc(-c3ccccc3)cnc2ccc2ccsc12. The molecule has 2 nitrogen and oxygen atoms in total. The predicted molar refractivity (Wildman–Crippen MR) is 88.8 cm³/mol. The molecule has 0 spiro atoms. The van der Waals surface area contributed by atoms with Gasteiger partial charge in [0, 0.05) is 17.1 Å². The quantitative estimate of drug-likeness (QED) is 0.517. The summed E-state index contributed by atoms with van der Waals surface area (Å²) in [6.07, 6.45) is 1.82. The van der Waals surface area contributed by atoms with Crippen molar-refractivity contribution in [2.45, 2.75) is 0 Å². The van der Waals surface area contributed by atoms with Crippen LogP contribution in [0.25, 0.3) is 32.1 Å². The molecule has 0 bridgehead atoms. The van der Waals surface area contributed by atoms with Crippen LogP contribution in [0.1, 0.15) is 0 Å². The second-order valence-electron chi connectivity index (χ2n) is 4.89. The van der Waals surface area contributed by atoms with E-state index in [4.69, 9.17) is 0 Å². The van der Waals surface area contributed by atoms with Crippen LogP contribution in [-0.4, -0.2) is 4.98 Å². The molecule has 0 aliphatic heterocycles. The van der Waals surface area contributed by atoms with E-state index in [1.54, 1.807) is 0 Å². The van der Waals surface area contributed by atoms with Crippen molar-refractivity contribution in [1.29, 1.82) is 0 Å². The zero-order valence-corrected chi connectivity index (χ0v) is 11.9. The summed E-state index contributed by atoms with van der Waals surface area (Å²) in [6.45, 7) is 0. The van der Waals surface area contributed by atoms with E-state index < -0.39 is 0 Å². The van der Waals surface area contributed by atoms with Crippen molar-refractivity contribution in [2.75, 3.05) is 0 Å². The van der Waals surface area contributed by atoms with Crippen molar-refractivity contribution in [2.24, 2.45) is 0 Å². The van der Waals surface area contributed by atoms with Gasteiger partial charge in [-0.15, -0.1) is 11.3 Å². The maximum atomic E-state index is 12.7. The molecule has 0 saturated heterocycles. The topological polar surface area (TPSA) is 30.0 Å². The summed E-state index contributed by atoms with van der Waals surface area (Å²) >= 11 is 1.48. The number of benzene rings is 1.